The quantitative estimate of drug-likeness (QED) is 0.311. The van der Waals surface area contributed by atoms with Gasteiger partial charge in [-0.05, 0) is 55.6 Å². The summed E-state index contributed by atoms with van der Waals surface area (Å²) in [5.41, 5.74) is 3.31. The second kappa shape index (κ2) is 12.0. The molecule has 4 aromatic rings. The van der Waals surface area contributed by atoms with Crippen LogP contribution in [0.3, 0.4) is 0 Å². The third-order valence-electron chi connectivity index (χ3n) is 6.43. The molecule has 184 valence electrons. The number of thioether (sulfide) groups is 1. The van der Waals surface area contributed by atoms with E-state index < -0.39 is 0 Å². The fraction of sp³-hybridized carbons (Fsp3) is 0.276. The van der Waals surface area contributed by atoms with Crippen LogP contribution >= 0.6 is 11.8 Å². The van der Waals surface area contributed by atoms with Crippen molar-refractivity contribution in [1.82, 2.24) is 25.0 Å². The first-order valence-corrected chi connectivity index (χ1v) is 13.5. The number of para-hydroxylation sites is 1. The van der Waals surface area contributed by atoms with Crippen molar-refractivity contribution >= 4 is 17.7 Å². The first kappa shape index (κ1) is 24.3. The number of hydrogen-bond donors (Lipinski definition) is 1. The first-order valence-electron chi connectivity index (χ1n) is 12.5. The summed E-state index contributed by atoms with van der Waals surface area (Å²) in [6.45, 7) is 2.95. The fourth-order valence-electron chi connectivity index (χ4n) is 4.63. The highest BCUT2D eigenvalue weighted by molar-refractivity contribution is 7.99. The van der Waals surface area contributed by atoms with Crippen molar-refractivity contribution in [2.45, 2.75) is 37.0 Å². The number of likely N-dealkylation sites (tertiary alicyclic amines) is 1. The van der Waals surface area contributed by atoms with Gasteiger partial charge in [-0.1, -0.05) is 90.6 Å². The minimum absolute atomic E-state index is 0.0199. The smallest absolute Gasteiger partial charge is 0.230 e. The molecule has 1 aliphatic heterocycles. The number of rotatable bonds is 10. The summed E-state index contributed by atoms with van der Waals surface area (Å²) in [4.78, 5) is 15.5. The lowest BCUT2D eigenvalue weighted by molar-refractivity contribution is -0.119. The van der Waals surface area contributed by atoms with E-state index in [1.807, 2.05) is 54.6 Å². The monoisotopic (exact) mass is 497 g/mol. The van der Waals surface area contributed by atoms with Gasteiger partial charge < -0.3 is 5.32 Å². The number of amides is 1. The Hall–Kier alpha value is -3.42. The van der Waals surface area contributed by atoms with Crippen LogP contribution in [0.2, 0.25) is 0 Å². The molecule has 1 aromatic heterocycles. The summed E-state index contributed by atoms with van der Waals surface area (Å²) in [6.07, 6.45) is 3.20. The van der Waals surface area contributed by atoms with Crippen molar-refractivity contribution in [3.05, 3.63) is 108 Å². The number of nitrogens with one attached hydrogen (secondary N) is 1. The molecule has 2 heterocycles. The minimum Gasteiger partial charge on any atom is -0.348 e. The highest BCUT2D eigenvalue weighted by atomic mass is 32.2. The van der Waals surface area contributed by atoms with E-state index in [9.17, 15) is 4.79 Å². The van der Waals surface area contributed by atoms with E-state index in [1.54, 1.807) is 0 Å². The molecule has 0 radical (unpaired) electrons. The average molecular weight is 498 g/mol. The Labute approximate surface area is 216 Å². The zero-order valence-electron chi connectivity index (χ0n) is 20.3. The Balaban J connectivity index is 1.30. The lowest BCUT2D eigenvalue weighted by Gasteiger charge is -2.20. The normalized spacial score (nSPS) is 14.6. The molecule has 36 heavy (non-hydrogen) atoms. The number of nitrogens with zero attached hydrogens (tertiary/aromatic N) is 4. The van der Waals surface area contributed by atoms with Gasteiger partial charge in [-0.3, -0.25) is 14.3 Å². The third kappa shape index (κ3) is 6.22. The maximum atomic E-state index is 13.1. The standard InChI is InChI=1S/C29H31N5OS/c35-28(30-26(24-14-6-2-7-15-24)20-23-12-4-1-5-13-23)22-36-29-32-31-27(21-33-18-10-11-19-33)34(29)25-16-8-3-9-17-25/h1-9,12-17,26H,10-11,18-22H2,(H,30,35). The van der Waals surface area contributed by atoms with E-state index in [0.717, 1.165) is 48.3 Å². The summed E-state index contributed by atoms with van der Waals surface area (Å²) in [5.74, 6) is 1.16. The SMILES string of the molecule is O=C(CSc1nnc(CN2CCCC2)n1-c1ccccc1)NC(Cc1ccccc1)c1ccccc1. The first-order chi connectivity index (χ1) is 17.8. The number of carbonyl (C=O) groups excluding carboxylic acids is 1. The summed E-state index contributed by atoms with van der Waals surface area (Å²) in [5, 5.41) is 13.0. The lowest BCUT2D eigenvalue weighted by atomic mass is 9.99. The molecule has 0 spiro atoms. The van der Waals surface area contributed by atoms with Gasteiger partial charge in [0.1, 0.15) is 0 Å². The predicted octanol–water partition coefficient (Wildman–Crippen LogP) is 5.06. The van der Waals surface area contributed by atoms with Crippen molar-refractivity contribution in [3.63, 3.8) is 0 Å². The summed E-state index contributed by atoms with van der Waals surface area (Å²) in [6, 6.07) is 30.5. The molecule has 1 amide bonds. The number of carbonyl (C=O) groups is 1. The maximum Gasteiger partial charge on any atom is 0.230 e. The molecule has 6 nitrogen and oxygen atoms in total. The van der Waals surface area contributed by atoms with Crippen LogP contribution < -0.4 is 5.32 Å². The van der Waals surface area contributed by atoms with Crippen LogP contribution in [0.5, 0.6) is 0 Å². The molecule has 1 saturated heterocycles. The second-order valence-corrected chi connectivity index (χ2v) is 10.0. The van der Waals surface area contributed by atoms with Crippen LogP contribution in [0, 0.1) is 0 Å². The lowest BCUT2D eigenvalue weighted by Crippen LogP contribution is -2.31. The van der Waals surface area contributed by atoms with Gasteiger partial charge in [-0.25, -0.2) is 0 Å². The van der Waals surface area contributed by atoms with Crippen molar-refractivity contribution in [2.75, 3.05) is 18.8 Å². The summed E-state index contributed by atoms with van der Waals surface area (Å²) >= 11 is 1.43. The minimum atomic E-state index is -0.0978. The number of hydrogen-bond acceptors (Lipinski definition) is 5. The highest BCUT2D eigenvalue weighted by Gasteiger charge is 2.21. The molecule has 0 bridgehead atoms. The van der Waals surface area contributed by atoms with Crippen LogP contribution in [0.1, 0.15) is 35.8 Å². The van der Waals surface area contributed by atoms with Gasteiger partial charge in [0.15, 0.2) is 11.0 Å². The summed E-state index contributed by atoms with van der Waals surface area (Å²) < 4.78 is 2.09. The van der Waals surface area contributed by atoms with Gasteiger partial charge in [-0.2, -0.15) is 0 Å². The van der Waals surface area contributed by atoms with E-state index in [0.29, 0.717) is 0 Å². The highest BCUT2D eigenvalue weighted by Crippen LogP contribution is 2.24. The van der Waals surface area contributed by atoms with E-state index >= 15 is 0 Å². The fourth-order valence-corrected chi connectivity index (χ4v) is 5.41. The van der Waals surface area contributed by atoms with Gasteiger partial charge >= 0.3 is 0 Å². The molecule has 1 fully saturated rings. The van der Waals surface area contributed by atoms with Crippen molar-refractivity contribution < 1.29 is 4.79 Å². The van der Waals surface area contributed by atoms with Crippen molar-refractivity contribution in [2.24, 2.45) is 0 Å². The molecule has 5 rings (SSSR count). The molecule has 1 aliphatic rings. The molecular weight excluding hydrogens is 466 g/mol. The van der Waals surface area contributed by atoms with E-state index in [2.05, 4.69) is 61.4 Å². The zero-order valence-corrected chi connectivity index (χ0v) is 21.1. The van der Waals surface area contributed by atoms with E-state index in [-0.39, 0.29) is 17.7 Å². The number of benzene rings is 3. The predicted molar refractivity (Wildman–Crippen MR) is 144 cm³/mol. The van der Waals surface area contributed by atoms with Crippen LogP contribution in [0.25, 0.3) is 5.69 Å². The average Bonchev–Trinajstić information content (AvgIpc) is 3.59. The van der Waals surface area contributed by atoms with Gasteiger partial charge in [0, 0.05) is 5.69 Å². The molecule has 3 aromatic carbocycles. The van der Waals surface area contributed by atoms with Crippen LogP contribution in [0.4, 0.5) is 0 Å². The Kier molecular flexibility index (Phi) is 8.10. The van der Waals surface area contributed by atoms with Gasteiger partial charge in [0.05, 0.1) is 18.3 Å². The summed E-state index contributed by atoms with van der Waals surface area (Å²) in [7, 11) is 0. The van der Waals surface area contributed by atoms with E-state index in [4.69, 9.17) is 0 Å². The molecule has 0 saturated carbocycles. The van der Waals surface area contributed by atoms with Gasteiger partial charge in [0.25, 0.3) is 0 Å². The molecule has 1 N–H and O–H groups in total. The van der Waals surface area contributed by atoms with Crippen molar-refractivity contribution in [1.29, 1.82) is 0 Å². The van der Waals surface area contributed by atoms with E-state index in [1.165, 1.54) is 30.2 Å². The molecule has 7 heteroatoms. The molecule has 1 atom stereocenters. The van der Waals surface area contributed by atoms with Gasteiger partial charge in [0.2, 0.25) is 5.91 Å². The van der Waals surface area contributed by atoms with Crippen LogP contribution in [-0.4, -0.2) is 44.4 Å². The Morgan fingerprint density at radius 1 is 0.861 bits per heavy atom. The molecular formula is C29H31N5OS. The van der Waals surface area contributed by atoms with Crippen LogP contribution in [0.15, 0.2) is 96.2 Å². The maximum absolute atomic E-state index is 13.1. The van der Waals surface area contributed by atoms with Crippen LogP contribution in [-0.2, 0) is 17.8 Å². The Morgan fingerprint density at radius 2 is 1.50 bits per heavy atom. The topological polar surface area (TPSA) is 63.1 Å². The van der Waals surface area contributed by atoms with Gasteiger partial charge in [-0.15, -0.1) is 10.2 Å². The Morgan fingerprint density at radius 3 is 2.19 bits per heavy atom. The van der Waals surface area contributed by atoms with Crippen molar-refractivity contribution in [3.8, 4) is 5.69 Å². The molecule has 0 aliphatic carbocycles. The second-order valence-electron chi connectivity index (χ2n) is 9.06. The third-order valence-corrected chi connectivity index (χ3v) is 7.36. The zero-order chi connectivity index (χ0) is 24.6. The largest absolute Gasteiger partial charge is 0.348 e. The number of aromatic nitrogens is 3. The molecule has 1 unspecified atom stereocenters. The Bertz CT molecular complexity index is 1240.